The molecule has 0 fully saturated rings. The van der Waals surface area contributed by atoms with E-state index in [1.165, 1.54) is 0 Å². The Hall–Kier alpha value is -3.92. The molecule has 148 valence electrons. The second-order valence-electron chi connectivity index (χ2n) is 6.96. The minimum atomic E-state index is -0.107. The number of fused-ring (bicyclic) bond motifs is 1. The first-order valence-electron chi connectivity index (χ1n) is 9.71. The Morgan fingerprint density at radius 3 is 2.47 bits per heavy atom. The number of ether oxygens (including phenoxy) is 1. The van der Waals surface area contributed by atoms with Gasteiger partial charge in [-0.05, 0) is 41.3 Å². The normalized spacial score (nSPS) is 10.7. The van der Waals surface area contributed by atoms with E-state index in [-0.39, 0.29) is 5.56 Å². The predicted molar refractivity (Wildman–Crippen MR) is 120 cm³/mol. The second kappa shape index (κ2) is 8.62. The molecule has 4 heteroatoms. The highest BCUT2D eigenvalue weighted by molar-refractivity contribution is 5.91. The van der Waals surface area contributed by atoms with Gasteiger partial charge in [-0.25, -0.2) is 0 Å². The molecular formula is C26H21NO3. The minimum absolute atomic E-state index is 0.107. The number of allylic oxidation sites excluding steroid dienone is 1. The molecule has 0 amide bonds. The van der Waals surface area contributed by atoms with Crippen molar-refractivity contribution < 1.29 is 9.53 Å². The summed E-state index contributed by atoms with van der Waals surface area (Å²) in [6.45, 7) is 4.54. The van der Waals surface area contributed by atoms with Crippen molar-refractivity contribution in [3.05, 3.63) is 113 Å². The second-order valence-corrected chi connectivity index (χ2v) is 6.96. The maximum Gasteiger partial charge on any atom is 0.259 e. The van der Waals surface area contributed by atoms with Crippen LogP contribution in [-0.2, 0) is 13.2 Å². The predicted octanol–water partition coefficient (Wildman–Crippen LogP) is 5.25. The number of nitrogens with zero attached hydrogens (tertiary/aromatic N) is 1. The molecule has 1 aromatic heterocycles. The van der Waals surface area contributed by atoms with Gasteiger partial charge in [-0.15, -0.1) is 6.58 Å². The van der Waals surface area contributed by atoms with Crippen LogP contribution < -0.4 is 10.3 Å². The molecule has 0 spiro atoms. The first-order chi connectivity index (χ1) is 14.7. The Kier molecular flexibility index (Phi) is 5.57. The van der Waals surface area contributed by atoms with Gasteiger partial charge in [-0.2, -0.15) is 0 Å². The van der Waals surface area contributed by atoms with Crippen molar-refractivity contribution in [2.45, 2.75) is 13.2 Å². The molecule has 0 aliphatic heterocycles. The van der Waals surface area contributed by atoms with Crippen LogP contribution in [0.3, 0.4) is 0 Å². The van der Waals surface area contributed by atoms with Gasteiger partial charge < -0.3 is 9.30 Å². The van der Waals surface area contributed by atoms with Gasteiger partial charge >= 0.3 is 0 Å². The maximum absolute atomic E-state index is 13.0. The topological polar surface area (TPSA) is 48.3 Å². The number of hydrogen-bond acceptors (Lipinski definition) is 3. The summed E-state index contributed by atoms with van der Waals surface area (Å²) in [6.07, 6.45) is 2.47. The van der Waals surface area contributed by atoms with Gasteiger partial charge in [0, 0.05) is 23.1 Å². The molecule has 0 aliphatic carbocycles. The summed E-state index contributed by atoms with van der Waals surface area (Å²) in [4.78, 5) is 24.9. The Balaban J connectivity index is 1.77. The van der Waals surface area contributed by atoms with E-state index in [0.717, 1.165) is 17.2 Å². The van der Waals surface area contributed by atoms with E-state index in [9.17, 15) is 9.59 Å². The van der Waals surface area contributed by atoms with Gasteiger partial charge in [0.25, 0.3) is 5.56 Å². The molecule has 4 aromatic rings. The lowest BCUT2D eigenvalue weighted by molar-refractivity contribution is 0.112. The highest BCUT2D eigenvalue weighted by Crippen LogP contribution is 2.28. The van der Waals surface area contributed by atoms with Crippen LogP contribution in [-0.4, -0.2) is 10.9 Å². The largest absolute Gasteiger partial charge is 0.489 e. The van der Waals surface area contributed by atoms with Gasteiger partial charge in [-0.3, -0.25) is 9.59 Å². The van der Waals surface area contributed by atoms with Crippen LogP contribution in [0.2, 0.25) is 0 Å². The monoisotopic (exact) mass is 395 g/mol. The van der Waals surface area contributed by atoms with Crippen LogP contribution in [0.1, 0.15) is 15.9 Å². The fraction of sp³-hybridized carbons (Fsp3) is 0.0769. The number of carbonyl (C=O) groups excluding carboxylic acids is 1. The van der Waals surface area contributed by atoms with Crippen molar-refractivity contribution in [3.8, 4) is 17.0 Å². The number of benzene rings is 3. The summed E-state index contributed by atoms with van der Waals surface area (Å²) >= 11 is 0. The van der Waals surface area contributed by atoms with E-state index >= 15 is 0 Å². The smallest absolute Gasteiger partial charge is 0.259 e. The molecule has 0 saturated carbocycles. The number of rotatable bonds is 7. The average molecular weight is 395 g/mol. The Labute approximate surface area is 174 Å². The van der Waals surface area contributed by atoms with E-state index in [1.54, 1.807) is 16.7 Å². The SMILES string of the molecule is C=CCn1c(-c2ccc(OCc3ccccc3)cc2C=O)cc2ccccc2c1=O. The minimum Gasteiger partial charge on any atom is -0.489 e. The third-order valence-electron chi connectivity index (χ3n) is 5.01. The van der Waals surface area contributed by atoms with Crippen molar-refractivity contribution in [1.29, 1.82) is 0 Å². The molecule has 3 aromatic carbocycles. The summed E-state index contributed by atoms with van der Waals surface area (Å²) in [5, 5.41) is 1.47. The van der Waals surface area contributed by atoms with Crippen LogP contribution in [0, 0.1) is 0 Å². The summed E-state index contributed by atoms with van der Waals surface area (Å²) in [6, 6.07) is 24.6. The lowest BCUT2D eigenvalue weighted by Gasteiger charge is -2.16. The van der Waals surface area contributed by atoms with Crippen molar-refractivity contribution in [2.24, 2.45) is 0 Å². The zero-order chi connectivity index (χ0) is 20.9. The number of pyridine rings is 1. The molecular weight excluding hydrogens is 374 g/mol. The van der Waals surface area contributed by atoms with Gasteiger partial charge in [0.1, 0.15) is 12.4 Å². The van der Waals surface area contributed by atoms with Crippen molar-refractivity contribution in [2.75, 3.05) is 0 Å². The molecule has 0 N–H and O–H groups in total. The molecule has 30 heavy (non-hydrogen) atoms. The number of carbonyl (C=O) groups is 1. The molecule has 0 atom stereocenters. The highest BCUT2D eigenvalue weighted by atomic mass is 16.5. The summed E-state index contributed by atoms with van der Waals surface area (Å²) < 4.78 is 7.49. The molecule has 0 radical (unpaired) electrons. The maximum atomic E-state index is 13.0. The zero-order valence-corrected chi connectivity index (χ0v) is 16.5. The van der Waals surface area contributed by atoms with E-state index in [0.29, 0.717) is 41.1 Å². The van der Waals surface area contributed by atoms with Crippen LogP contribution in [0.5, 0.6) is 5.75 Å². The summed E-state index contributed by atoms with van der Waals surface area (Å²) in [7, 11) is 0. The number of aldehydes is 1. The Morgan fingerprint density at radius 2 is 1.70 bits per heavy atom. The zero-order valence-electron chi connectivity index (χ0n) is 16.5. The average Bonchev–Trinajstić information content (AvgIpc) is 2.80. The molecule has 0 bridgehead atoms. The highest BCUT2D eigenvalue weighted by Gasteiger charge is 2.14. The first-order valence-corrected chi connectivity index (χ1v) is 9.71. The lowest BCUT2D eigenvalue weighted by Crippen LogP contribution is -2.21. The fourth-order valence-corrected chi connectivity index (χ4v) is 3.53. The molecule has 4 rings (SSSR count). The van der Waals surface area contributed by atoms with Crippen LogP contribution in [0.15, 0.2) is 96.3 Å². The summed E-state index contributed by atoms with van der Waals surface area (Å²) in [5.41, 5.74) is 2.76. The van der Waals surface area contributed by atoms with Crippen molar-refractivity contribution >= 4 is 17.1 Å². The quantitative estimate of drug-likeness (QED) is 0.317. The van der Waals surface area contributed by atoms with Crippen LogP contribution in [0.25, 0.3) is 22.0 Å². The van der Waals surface area contributed by atoms with Gasteiger partial charge in [-0.1, -0.05) is 54.6 Å². The number of hydrogen-bond donors (Lipinski definition) is 0. The molecule has 4 nitrogen and oxygen atoms in total. The van der Waals surface area contributed by atoms with E-state index < -0.39 is 0 Å². The van der Waals surface area contributed by atoms with Crippen LogP contribution >= 0.6 is 0 Å². The Bertz CT molecular complexity index is 1270. The fourth-order valence-electron chi connectivity index (χ4n) is 3.53. The standard InChI is InChI=1S/C26H21NO3/c1-2-14-27-25(16-20-10-6-7-11-24(20)26(27)29)23-13-12-22(15-21(23)17-28)30-18-19-8-4-3-5-9-19/h2-13,15-17H,1,14,18H2. The van der Waals surface area contributed by atoms with E-state index in [4.69, 9.17) is 4.74 Å². The van der Waals surface area contributed by atoms with Gasteiger partial charge in [0.2, 0.25) is 0 Å². The molecule has 0 saturated heterocycles. The number of aromatic nitrogens is 1. The van der Waals surface area contributed by atoms with Crippen LogP contribution in [0.4, 0.5) is 0 Å². The van der Waals surface area contributed by atoms with Gasteiger partial charge in [0.05, 0.1) is 5.69 Å². The first kappa shape index (κ1) is 19.4. The van der Waals surface area contributed by atoms with E-state index in [2.05, 4.69) is 6.58 Å². The van der Waals surface area contributed by atoms with Crippen molar-refractivity contribution in [3.63, 3.8) is 0 Å². The summed E-state index contributed by atoms with van der Waals surface area (Å²) in [5.74, 6) is 0.600. The molecule has 1 heterocycles. The van der Waals surface area contributed by atoms with Gasteiger partial charge in [0.15, 0.2) is 6.29 Å². The third kappa shape index (κ3) is 3.80. The molecule has 0 unspecified atom stereocenters. The Morgan fingerprint density at radius 1 is 0.933 bits per heavy atom. The third-order valence-corrected chi connectivity index (χ3v) is 5.01. The van der Waals surface area contributed by atoms with E-state index in [1.807, 2.05) is 72.8 Å². The molecule has 0 aliphatic rings. The van der Waals surface area contributed by atoms with Crippen molar-refractivity contribution in [1.82, 2.24) is 4.57 Å². The lowest BCUT2D eigenvalue weighted by atomic mass is 10.0.